The van der Waals surface area contributed by atoms with Gasteiger partial charge in [0.1, 0.15) is 5.69 Å². The van der Waals surface area contributed by atoms with E-state index in [1.54, 1.807) is 0 Å². The molecule has 0 unspecified atom stereocenters. The highest BCUT2D eigenvalue weighted by molar-refractivity contribution is 5.90. The average Bonchev–Trinajstić information content (AvgIpc) is 2.34. The SMILES string of the molecule is Cc1ccccc1[NH3+].O=C(O)c1ccccc1[O-]. The van der Waals surface area contributed by atoms with Gasteiger partial charge in [-0.25, -0.2) is 4.79 Å². The molecule has 2 aromatic rings. The first-order chi connectivity index (χ1) is 8.52. The van der Waals surface area contributed by atoms with Crippen molar-refractivity contribution in [2.24, 2.45) is 0 Å². The maximum atomic E-state index is 10.7. The summed E-state index contributed by atoms with van der Waals surface area (Å²) in [5, 5.41) is 19.0. The van der Waals surface area contributed by atoms with E-state index in [0.717, 1.165) is 5.69 Å². The van der Waals surface area contributed by atoms with Crippen LogP contribution in [-0.2, 0) is 0 Å². The number of hydrogen-bond acceptors (Lipinski definition) is 2. The fourth-order valence-electron chi connectivity index (χ4n) is 1.25. The van der Waals surface area contributed by atoms with Crippen LogP contribution in [-0.4, -0.2) is 11.1 Å². The molecule has 0 aliphatic heterocycles. The maximum Gasteiger partial charge on any atom is 0.335 e. The van der Waals surface area contributed by atoms with E-state index in [0.29, 0.717) is 0 Å². The standard InChI is InChI=1S/C7H9N.C7H6O3/c1-6-4-2-3-5-7(6)8;8-6-4-2-1-3-5(6)7(9)10/h2-5H,8H2,1H3;1-4,8H,(H,9,10). The minimum atomic E-state index is -1.18. The van der Waals surface area contributed by atoms with Gasteiger partial charge in [-0.1, -0.05) is 42.1 Å². The summed E-state index contributed by atoms with van der Waals surface area (Å²) >= 11 is 0. The molecule has 0 saturated carbocycles. The minimum absolute atomic E-state index is 0.178. The van der Waals surface area contributed by atoms with E-state index in [4.69, 9.17) is 5.11 Å². The summed E-state index contributed by atoms with van der Waals surface area (Å²) in [6, 6.07) is 13.6. The summed E-state index contributed by atoms with van der Waals surface area (Å²) in [5.74, 6) is -1.62. The Balaban J connectivity index is 0.000000184. The molecule has 4 heteroatoms. The average molecular weight is 245 g/mol. The molecular formula is C14H15NO3. The van der Waals surface area contributed by atoms with Crippen molar-refractivity contribution in [3.05, 3.63) is 59.7 Å². The number of benzene rings is 2. The third-order valence-electron chi connectivity index (χ3n) is 2.38. The van der Waals surface area contributed by atoms with Crippen molar-refractivity contribution in [2.75, 3.05) is 0 Å². The van der Waals surface area contributed by atoms with Gasteiger partial charge in [0, 0.05) is 5.56 Å². The van der Waals surface area contributed by atoms with Crippen molar-refractivity contribution in [2.45, 2.75) is 6.92 Å². The Hall–Kier alpha value is -2.33. The first-order valence-corrected chi connectivity index (χ1v) is 5.39. The fraction of sp³-hybridized carbons (Fsp3) is 0.0714. The lowest BCUT2D eigenvalue weighted by molar-refractivity contribution is -0.268. The highest BCUT2D eigenvalue weighted by Crippen LogP contribution is 2.10. The van der Waals surface area contributed by atoms with Gasteiger partial charge in [0.25, 0.3) is 0 Å². The van der Waals surface area contributed by atoms with Crippen LogP contribution in [0.15, 0.2) is 48.5 Å². The Morgan fingerprint density at radius 2 is 1.67 bits per heavy atom. The molecule has 4 N–H and O–H groups in total. The van der Waals surface area contributed by atoms with E-state index in [2.05, 4.69) is 18.7 Å². The van der Waals surface area contributed by atoms with Crippen molar-refractivity contribution in [1.29, 1.82) is 0 Å². The van der Waals surface area contributed by atoms with Crippen LogP contribution in [0.1, 0.15) is 15.9 Å². The van der Waals surface area contributed by atoms with Crippen LogP contribution in [0, 0.1) is 6.92 Å². The summed E-state index contributed by atoms with van der Waals surface area (Å²) in [7, 11) is 0. The molecular weight excluding hydrogens is 230 g/mol. The molecule has 0 amide bonds. The number of aryl methyl sites for hydroxylation is 1. The Labute approximate surface area is 105 Å². The molecule has 0 fully saturated rings. The van der Waals surface area contributed by atoms with Crippen LogP contribution in [0.25, 0.3) is 0 Å². The van der Waals surface area contributed by atoms with Crippen LogP contribution in [0.4, 0.5) is 5.69 Å². The van der Waals surface area contributed by atoms with Crippen molar-refractivity contribution in [3.8, 4) is 5.75 Å². The van der Waals surface area contributed by atoms with Gasteiger partial charge in [-0.2, -0.15) is 0 Å². The number of hydrogen-bond donors (Lipinski definition) is 2. The largest absolute Gasteiger partial charge is 0.872 e. The van der Waals surface area contributed by atoms with Gasteiger partial charge in [0.2, 0.25) is 0 Å². The van der Waals surface area contributed by atoms with Gasteiger partial charge in [-0.3, -0.25) is 0 Å². The molecule has 4 nitrogen and oxygen atoms in total. The topological polar surface area (TPSA) is 88.0 Å². The van der Waals surface area contributed by atoms with Gasteiger partial charge in [-0.15, -0.1) is 0 Å². The Morgan fingerprint density at radius 1 is 1.11 bits per heavy atom. The third-order valence-corrected chi connectivity index (χ3v) is 2.38. The van der Waals surface area contributed by atoms with Gasteiger partial charge in [0.15, 0.2) is 0 Å². The molecule has 2 rings (SSSR count). The molecule has 18 heavy (non-hydrogen) atoms. The number of carbonyl (C=O) groups is 1. The summed E-state index contributed by atoms with van der Waals surface area (Å²) in [6.07, 6.45) is 0. The lowest BCUT2D eigenvalue weighted by atomic mass is 10.2. The normalized spacial score (nSPS) is 9.22. The number of carboxylic acid groups (broad SMARTS) is 1. The number of para-hydroxylation sites is 1. The lowest BCUT2D eigenvalue weighted by Gasteiger charge is -2.07. The molecule has 0 saturated heterocycles. The van der Waals surface area contributed by atoms with Gasteiger partial charge in [-0.05, 0) is 19.1 Å². The summed E-state index contributed by atoms with van der Waals surface area (Å²) in [5.41, 5.74) is 6.02. The molecule has 0 aliphatic carbocycles. The molecule has 0 aromatic heterocycles. The van der Waals surface area contributed by atoms with E-state index in [1.807, 2.05) is 18.2 Å². The highest BCUT2D eigenvalue weighted by Gasteiger charge is 1.99. The second kappa shape index (κ2) is 6.42. The zero-order chi connectivity index (χ0) is 13.5. The zero-order valence-electron chi connectivity index (χ0n) is 10.1. The van der Waals surface area contributed by atoms with Crippen molar-refractivity contribution in [3.63, 3.8) is 0 Å². The van der Waals surface area contributed by atoms with Crippen LogP contribution in [0.5, 0.6) is 5.75 Å². The molecule has 0 radical (unpaired) electrons. The van der Waals surface area contributed by atoms with E-state index in [-0.39, 0.29) is 5.56 Å². The third kappa shape index (κ3) is 3.92. The van der Waals surface area contributed by atoms with Gasteiger partial charge >= 0.3 is 5.97 Å². The Bertz CT molecular complexity index is 517. The van der Waals surface area contributed by atoms with Crippen molar-refractivity contribution < 1.29 is 20.7 Å². The molecule has 94 valence electrons. The quantitative estimate of drug-likeness (QED) is 0.794. The fourth-order valence-corrected chi connectivity index (χ4v) is 1.25. The molecule has 0 spiro atoms. The smallest absolute Gasteiger partial charge is 0.335 e. The van der Waals surface area contributed by atoms with Crippen LogP contribution in [0.3, 0.4) is 0 Å². The number of rotatable bonds is 1. The van der Waals surface area contributed by atoms with E-state index in [9.17, 15) is 9.90 Å². The Morgan fingerprint density at radius 3 is 2.06 bits per heavy atom. The molecule has 0 heterocycles. The Kier molecular flexibility index (Phi) is 4.90. The molecule has 2 aromatic carbocycles. The predicted octanol–water partition coefficient (Wildman–Crippen LogP) is 1.33. The van der Waals surface area contributed by atoms with Crippen molar-refractivity contribution >= 4 is 11.7 Å². The van der Waals surface area contributed by atoms with Crippen LogP contribution >= 0.6 is 0 Å². The van der Waals surface area contributed by atoms with E-state index in [1.165, 1.54) is 29.8 Å². The van der Waals surface area contributed by atoms with Gasteiger partial charge in [0.05, 0.1) is 5.56 Å². The summed E-state index contributed by atoms with van der Waals surface area (Å²) in [4.78, 5) is 10.2. The molecule has 0 aliphatic rings. The number of carboxylic acids is 1. The summed E-state index contributed by atoms with van der Waals surface area (Å²) < 4.78 is 0. The predicted molar refractivity (Wildman–Crippen MR) is 66.6 cm³/mol. The minimum Gasteiger partial charge on any atom is -0.872 e. The summed E-state index contributed by atoms with van der Waals surface area (Å²) in [6.45, 7) is 2.06. The number of quaternary nitrogens is 1. The van der Waals surface area contributed by atoms with Crippen molar-refractivity contribution in [1.82, 2.24) is 0 Å². The highest BCUT2D eigenvalue weighted by atomic mass is 16.4. The zero-order valence-corrected chi connectivity index (χ0v) is 10.1. The second-order valence-electron chi connectivity index (χ2n) is 3.73. The van der Waals surface area contributed by atoms with Gasteiger partial charge < -0.3 is 15.9 Å². The van der Waals surface area contributed by atoms with Crippen LogP contribution in [0.2, 0.25) is 0 Å². The molecule has 0 atom stereocenters. The lowest BCUT2D eigenvalue weighted by Crippen LogP contribution is -2.40. The van der Waals surface area contributed by atoms with E-state index >= 15 is 0 Å². The monoisotopic (exact) mass is 245 g/mol. The second-order valence-corrected chi connectivity index (χ2v) is 3.73. The first-order valence-electron chi connectivity index (χ1n) is 5.39. The van der Waals surface area contributed by atoms with Crippen LogP contribution < -0.4 is 10.8 Å². The van der Waals surface area contributed by atoms with E-state index < -0.39 is 11.7 Å². The first kappa shape index (κ1) is 13.7. The maximum absolute atomic E-state index is 10.7. The number of aromatic carboxylic acids is 1. The molecule has 0 bridgehead atoms.